The van der Waals surface area contributed by atoms with Crippen molar-refractivity contribution in [2.45, 2.75) is 0 Å². The van der Waals surface area contributed by atoms with Gasteiger partial charge >= 0.3 is 6.03 Å². The van der Waals surface area contributed by atoms with E-state index in [0.29, 0.717) is 11.5 Å². The van der Waals surface area contributed by atoms with E-state index < -0.39 is 0 Å². The Balaban J connectivity index is 2.45. The molecular weight excluding hydrogens is 126 g/mol. The van der Waals surface area contributed by atoms with E-state index in [4.69, 9.17) is 0 Å². The number of carbonyl (C=O) groups is 1. The number of urea groups is 1. The second kappa shape index (κ2) is 2.06. The highest BCUT2D eigenvalue weighted by atomic mass is 32.1. The highest BCUT2D eigenvalue weighted by Crippen LogP contribution is 1.74. The number of nitrogens with one attached hydrogen (secondary N) is 3. The quantitative estimate of drug-likeness (QED) is 0.375. The van der Waals surface area contributed by atoms with Crippen molar-refractivity contribution in [2.24, 2.45) is 0 Å². The van der Waals surface area contributed by atoms with Gasteiger partial charge in [0.05, 0.1) is 11.5 Å². The summed E-state index contributed by atoms with van der Waals surface area (Å²) in [5.41, 5.74) is 4.91. The number of amides is 2. The van der Waals surface area contributed by atoms with Crippen LogP contribution >= 0.6 is 12.2 Å². The van der Waals surface area contributed by atoms with Gasteiger partial charge in [0.15, 0.2) is 0 Å². The smallest absolute Gasteiger partial charge is 0.300 e. The van der Waals surface area contributed by atoms with Crippen molar-refractivity contribution in [1.29, 1.82) is 0 Å². The van der Waals surface area contributed by atoms with Crippen LogP contribution in [0.3, 0.4) is 0 Å². The van der Waals surface area contributed by atoms with E-state index in [1.165, 1.54) is 0 Å². The van der Waals surface area contributed by atoms with Crippen LogP contribution in [0.4, 0.5) is 4.79 Å². The Morgan fingerprint density at radius 2 is 2.38 bits per heavy atom. The zero-order valence-corrected chi connectivity index (χ0v) is 4.84. The molecule has 0 bridgehead atoms. The highest BCUT2D eigenvalue weighted by molar-refractivity contribution is 7.80. The molecule has 0 atom stereocenters. The molecule has 8 heavy (non-hydrogen) atoms. The predicted molar refractivity (Wildman–Crippen MR) is 32.3 cm³/mol. The van der Waals surface area contributed by atoms with Crippen LogP contribution in [-0.4, -0.2) is 17.6 Å². The summed E-state index contributed by atoms with van der Waals surface area (Å²) in [5.74, 6) is 0. The summed E-state index contributed by atoms with van der Waals surface area (Å²) < 4.78 is 0. The second-order valence-electron chi connectivity index (χ2n) is 1.36. The maximum Gasteiger partial charge on any atom is 0.333 e. The molecule has 1 rings (SSSR count). The van der Waals surface area contributed by atoms with Gasteiger partial charge in [-0.05, 0) is 0 Å². The molecule has 0 aromatic carbocycles. The summed E-state index contributed by atoms with van der Waals surface area (Å²) in [6.07, 6.45) is 0. The summed E-state index contributed by atoms with van der Waals surface area (Å²) in [4.78, 5) is 10.8. The topological polar surface area (TPSA) is 53.2 Å². The van der Waals surface area contributed by atoms with Crippen LogP contribution in [0, 0.1) is 0 Å². The largest absolute Gasteiger partial charge is 0.333 e. The molecular formula is C3H5N3OS. The fourth-order valence-corrected chi connectivity index (χ4v) is 0.572. The molecule has 1 heterocycles. The van der Waals surface area contributed by atoms with Gasteiger partial charge in [-0.25, -0.2) is 10.2 Å². The Labute approximate surface area is 51.6 Å². The minimum absolute atomic E-state index is 0.291. The van der Waals surface area contributed by atoms with E-state index >= 15 is 0 Å². The second-order valence-corrected chi connectivity index (χ2v) is 1.85. The molecule has 0 aliphatic carbocycles. The van der Waals surface area contributed by atoms with Gasteiger partial charge in [0.2, 0.25) is 0 Å². The van der Waals surface area contributed by atoms with Crippen LogP contribution in [0.5, 0.6) is 0 Å². The zero-order valence-electron chi connectivity index (χ0n) is 4.02. The number of hydrazine groups is 1. The van der Waals surface area contributed by atoms with Crippen molar-refractivity contribution in [2.75, 3.05) is 6.54 Å². The van der Waals surface area contributed by atoms with Crippen LogP contribution in [0.15, 0.2) is 0 Å². The van der Waals surface area contributed by atoms with E-state index in [1.54, 1.807) is 0 Å². The fourth-order valence-electron chi connectivity index (χ4n) is 0.407. The van der Waals surface area contributed by atoms with E-state index in [2.05, 4.69) is 28.4 Å². The van der Waals surface area contributed by atoms with E-state index in [0.717, 1.165) is 0 Å². The predicted octanol–water partition coefficient (Wildman–Crippen LogP) is -0.869. The minimum atomic E-state index is -0.291. The van der Waals surface area contributed by atoms with Crippen LogP contribution in [-0.2, 0) is 0 Å². The summed E-state index contributed by atoms with van der Waals surface area (Å²) in [6, 6.07) is -0.291. The standard InChI is InChI=1S/C3H5N3OS/c7-3-5-2(8)1-4-6-3/h4H,1H2,(H2,5,6,7,8). The molecule has 44 valence electrons. The first-order valence-electron chi connectivity index (χ1n) is 2.12. The first kappa shape index (κ1) is 5.46. The monoisotopic (exact) mass is 131 g/mol. The Kier molecular flexibility index (Phi) is 1.40. The molecule has 4 nitrogen and oxygen atoms in total. The Bertz CT molecular complexity index is 120. The zero-order chi connectivity index (χ0) is 5.98. The number of thiocarbonyl (C=S) groups is 1. The molecule has 0 spiro atoms. The number of carbonyl (C=O) groups excluding carboxylic acids is 1. The molecule has 5 heteroatoms. The van der Waals surface area contributed by atoms with Crippen molar-refractivity contribution in [3.63, 3.8) is 0 Å². The molecule has 1 aliphatic heterocycles. The summed E-state index contributed by atoms with van der Waals surface area (Å²) in [7, 11) is 0. The van der Waals surface area contributed by atoms with Gasteiger partial charge in [-0.2, -0.15) is 0 Å². The average Bonchev–Trinajstić information content (AvgIpc) is 1.64. The van der Waals surface area contributed by atoms with Crippen LogP contribution in [0.25, 0.3) is 0 Å². The number of hydrogen-bond acceptors (Lipinski definition) is 3. The number of hydrogen-bond donors (Lipinski definition) is 3. The molecule has 0 unspecified atom stereocenters. The van der Waals surface area contributed by atoms with Gasteiger partial charge in [-0.3, -0.25) is 10.7 Å². The van der Waals surface area contributed by atoms with Crippen molar-refractivity contribution in [1.82, 2.24) is 16.2 Å². The maximum absolute atomic E-state index is 10.3. The third-order valence-electron chi connectivity index (χ3n) is 0.704. The molecule has 3 N–H and O–H groups in total. The first-order chi connectivity index (χ1) is 3.79. The van der Waals surface area contributed by atoms with Crippen molar-refractivity contribution in [3.8, 4) is 0 Å². The van der Waals surface area contributed by atoms with Gasteiger partial charge in [0.1, 0.15) is 0 Å². The summed E-state index contributed by atoms with van der Waals surface area (Å²) in [6.45, 7) is 0.515. The van der Waals surface area contributed by atoms with Gasteiger partial charge in [-0.1, -0.05) is 12.2 Å². The summed E-state index contributed by atoms with van der Waals surface area (Å²) >= 11 is 4.65. The van der Waals surface area contributed by atoms with E-state index in [1.807, 2.05) is 0 Å². The lowest BCUT2D eigenvalue weighted by Crippen LogP contribution is -2.55. The highest BCUT2D eigenvalue weighted by Gasteiger charge is 2.07. The fraction of sp³-hybridized carbons (Fsp3) is 0.333. The van der Waals surface area contributed by atoms with Gasteiger partial charge < -0.3 is 0 Å². The molecule has 0 saturated carbocycles. The number of rotatable bonds is 0. The molecule has 1 aliphatic rings. The third-order valence-corrected chi connectivity index (χ3v) is 0.950. The van der Waals surface area contributed by atoms with Gasteiger partial charge in [0.25, 0.3) is 0 Å². The molecule has 1 fully saturated rings. The molecule has 0 aromatic rings. The van der Waals surface area contributed by atoms with Gasteiger partial charge in [0, 0.05) is 0 Å². The Morgan fingerprint density at radius 3 is 2.75 bits per heavy atom. The van der Waals surface area contributed by atoms with Crippen LogP contribution in [0.1, 0.15) is 0 Å². The van der Waals surface area contributed by atoms with Crippen molar-refractivity contribution < 1.29 is 4.79 Å². The Morgan fingerprint density at radius 1 is 1.62 bits per heavy atom. The van der Waals surface area contributed by atoms with Crippen molar-refractivity contribution >= 4 is 23.2 Å². The van der Waals surface area contributed by atoms with E-state index in [9.17, 15) is 4.79 Å². The average molecular weight is 131 g/mol. The molecule has 0 aromatic heterocycles. The third kappa shape index (κ3) is 1.14. The molecule has 0 radical (unpaired) electrons. The molecule has 1 saturated heterocycles. The molecule has 2 amide bonds. The Hall–Kier alpha value is -0.680. The lowest BCUT2D eigenvalue weighted by molar-refractivity contribution is 0.239. The van der Waals surface area contributed by atoms with E-state index in [-0.39, 0.29) is 6.03 Å². The van der Waals surface area contributed by atoms with Crippen LogP contribution < -0.4 is 16.2 Å². The SMILES string of the molecule is O=C1NNCC(=S)N1. The maximum atomic E-state index is 10.3. The first-order valence-corrected chi connectivity index (χ1v) is 2.52. The minimum Gasteiger partial charge on any atom is -0.300 e. The lowest BCUT2D eigenvalue weighted by atomic mass is 10.6. The van der Waals surface area contributed by atoms with Gasteiger partial charge in [-0.15, -0.1) is 0 Å². The van der Waals surface area contributed by atoms with Crippen LogP contribution in [0.2, 0.25) is 0 Å². The lowest BCUT2D eigenvalue weighted by Gasteiger charge is -2.14. The summed E-state index contributed by atoms with van der Waals surface area (Å²) in [5, 5.41) is 2.40. The normalized spacial score (nSPS) is 19.5. The van der Waals surface area contributed by atoms with Crippen molar-refractivity contribution in [3.05, 3.63) is 0 Å².